The monoisotopic (exact) mass is 368 g/mol. The predicted molar refractivity (Wildman–Crippen MR) is 103 cm³/mol. The van der Waals surface area contributed by atoms with Crippen LogP contribution in [-0.2, 0) is 11.3 Å². The molecule has 7 heteroatoms. The minimum absolute atomic E-state index is 0. The van der Waals surface area contributed by atoms with Gasteiger partial charge in [0.05, 0.1) is 5.54 Å². The Kier molecular flexibility index (Phi) is 8.19. The van der Waals surface area contributed by atoms with E-state index in [0.29, 0.717) is 13.0 Å². The first-order valence-corrected chi connectivity index (χ1v) is 8.64. The van der Waals surface area contributed by atoms with E-state index < -0.39 is 5.54 Å². The Labute approximate surface area is 155 Å². The SMILES string of the molecule is CCCC(C)(N)C(=O)NCc1cccc(NC(=O)N2CCCC2)c1.Cl. The largest absolute Gasteiger partial charge is 0.350 e. The standard InChI is InChI=1S/C18H28N4O2.ClH/c1-3-9-18(2,19)16(23)20-13-14-7-6-8-15(12-14)21-17(24)22-10-4-5-11-22;/h6-8,12H,3-5,9-11,13,19H2,1-2H3,(H,20,23)(H,21,24);1H. The molecule has 0 aromatic heterocycles. The van der Waals surface area contributed by atoms with Gasteiger partial charge < -0.3 is 21.3 Å². The maximum absolute atomic E-state index is 12.2. The van der Waals surface area contributed by atoms with Gasteiger partial charge in [-0.1, -0.05) is 25.5 Å². The number of urea groups is 1. The van der Waals surface area contributed by atoms with Crippen molar-refractivity contribution in [1.29, 1.82) is 0 Å². The number of nitrogens with one attached hydrogen (secondary N) is 2. The molecule has 1 unspecified atom stereocenters. The number of benzene rings is 1. The van der Waals surface area contributed by atoms with Gasteiger partial charge in [0.2, 0.25) is 5.91 Å². The van der Waals surface area contributed by atoms with Crippen LogP contribution in [0.3, 0.4) is 0 Å². The summed E-state index contributed by atoms with van der Waals surface area (Å²) in [5.74, 6) is -0.157. The van der Waals surface area contributed by atoms with Crippen molar-refractivity contribution in [2.24, 2.45) is 5.73 Å². The maximum Gasteiger partial charge on any atom is 0.321 e. The molecule has 1 aliphatic heterocycles. The van der Waals surface area contributed by atoms with Crippen molar-refractivity contribution < 1.29 is 9.59 Å². The van der Waals surface area contributed by atoms with Gasteiger partial charge >= 0.3 is 6.03 Å². The molecule has 3 amide bonds. The molecule has 25 heavy (non-hydrogen) atoms. The lowest BCUT2D eigenvalue weighted by molar-refractivity contribution is -0.126. The lowest BCUT2D eigenvalue weighted by atomic mass is 9.96. The lowest BCUT2D eigenvalue weighted by Gasteiger charge is -2.23. The fourth-order valence-electron chi connectivity index (χ4n) is 2.90. The summed E-state index contributed by atoms with van der Waals surface area (Å²) in [7, 11) is 0. The summed E-state index contributed by atoms with van der Waals surface area (Å²) >= 11 is 0. The number of nitrogens with two attached hydrogens (primary N) is 1. The summed E-state index contributed by atoms with van der Waals surface area (Å²) < 4.78 is 0. The van der Waals surface area contributed by atoms with Gasteiger partial charge in [0.1, 0.15) is 0 Å². The van der Waals surface area contributed by atoms with E-state index in [9.17, 15) is 9.59 Å². The summed E-state index contributed by atoms with van der Waals surface area (Å²) in [5, 5.41) is 5.78. The number of carbonyl (C=O) groups excluding carboxylic acids is 2. The van der Waals surface area contributed by atoms with Crippen molar-refractivity contribution >= 4 is 30.0 Å². The highest BCUT2D eigenvalue weighted by Gasteiger charge is 2.26. The zero-order valence-corrected chi connectivity index (χ0v) is 15.8. The molecule has 1 atom stereocenters. The van der Waals surface area contributed by atoms with Crippen LogP contribution in [0.1, 0.15) is 45.1 Å². The van der Waals surface area contributed by atoms with Gasteiger partial charge in [-0.3, -0.25) is 4.79 Å². The van der Waals surface area contributed by atoms with Crippen molar-refractivity contribution in [3.05, 3.63) is 29.8 Å². The highest BCUT2D eigenvalue weighted by Crippen LogP contribution is 2.15. The molecule has 1 saturated heterocycles. The molecule has 6 nitrogen and oxygen atoms in total. The van der Waals surface area contributed by atoms with Crippen molar-refractivity contribution in [2.45, 2.75) is 51.6 Å². The van der Waals surface area contributed by atoms with E-state index >= 15 is 0 Å². The van der Waals surface area contributed by atoms with E-state index in [4.69, 9.17) is 5.73 Å². The molecule has 0 radical (unpaired) electrons. The summed E-state index contributed by atoms with van der Waals surface area (Å²) in [6, 6.07) is 7.45. The zero-order valence-electron chi connectivity index (χ0n) is 15.0. The Balaban J connectivity index is 0.00000312. The van der Waals surface area contributed by atoms with Crippen LogP contribution >= 0.6 is 12.4 Å². The molecule has 1 aromatic carbocycles. The fraction of sp³-hybridized carbons (Fsp3) is 0.556. The normalized spacial score (nSPS) is 15.9. The molecular formula is C18H29ClN4O2. The number of amides is 3. The van der Waals surface area contributed by atoms with Crippen LogP contribution in [0.2, 0.25) is 0 Å². The van der Waals surface area contributed by atoms with Gasteiger partial charge in [-0.25, -0.2) is 4.79 Å². The van der Waals surface area contributed by atoms with Crippen molar-refractivity contribution in [3.8, 4) is 0 Å². The number of likely N-dealkylation sites (tertiary alicyclic amines) is 1. The number of carbonyl (C=O) groups is 2. The number of nitrogens with zero attached hydrogens (tertiary/aromatic N) is 1. The van der Waals surface area contributed by atoms with Gasteiger partial charge in [-0.15, -0.1) is 12.4 Å². The molecule has 4 N–H and O–H groups in total. The minimum atomic E-state index is -0.851. The predicted octanol–water partition coefficient (Wildman–Crippen LogP) is 2.87. The summed E-state index contributed by atoms with van der Waals surface area (Å²) in [6.45, 7) is 5.77. The molecule has 0 spiro atoms. The van der Waals surface area contributed by atoms with E-state index in [-0.39, 0.29) is 24.3 Å². The molecule has 0 aliphatic carbocycles. The third kappa shape index (κ3) is 6.21. The summed E-state index contributed by atoms with van der Waals surface area (Å²) in [5.41, 5.74) is 6.84. The molecule has 2 rings (SSSR count). The van der Waals surface area contributed by atoms with Crippen LogP contribution in [0.25, 0.3) is 0 Å². The molecule has 1 fully saturated rings. The molecule has 1 aromatic rings. The van der Waals surface area contributed by atoms with Crippen LogP contribution < -0.4 is 16.4 Å². The molecule has 1 aliphatic rings. The average molecular weight is 369 g/mol. The van der Waals surface area contributed by atoms with Crippen LogP contribution in [0.15, 0.2) is 24.3 Å². The second-order valence-electron chi connectivity index (χ2n) is 6.67. The second kappa shape index (κ2) is 9.63. The van der Waals surface area contributed by atoms with Gasteiger partial charge in [0.15, 0.2) is 0 Å². The minimum Gasteiger partial charge on any atom is -0.350 e. The number of anilines is 1. The van der Waals surface area contributed by atoms with Gasteiger partial charge in [-0.2, -0.15) is 0 Å². The topological polar surface area (TPSA) is 87.5 Å². The first kappa shape index (κ1) is 21.3. The quantitative estimate of drug-likeness (QED) is 0.721. The number of hydrogen-bond acceptors (Lipinski definition) is 3. The van der Waals surface area contributed by atoms with Crippen molar-refractivity contribution in [3.63, 3.8) is 0 Å². The molecule has 0 saturated carbocycles. The molecule has 0 bridgehead atoms. The third-order valence-electron chi connectivity index (χ3n) is 4.31. The highest BCUT2D eigenvalue weighted by molar-refractivity contribution is 5.89. The Morgan fingerprint density at radius 2 is 1.96 bits per heavy atom. The lowest BCUT2D eigenvalue weighted by Crippen LogP contribution is -2.51. The fourth-order valence-corrected chi connectivity index (χ4v) is 2.90. The van der Waals surface area contributed by atoms with E-state index in [1.165, 1.54) is 0 Å². The Hall–Kier alpha value is -1.79. The second-order valence-corrected chi connectivity index (χ2v) is 6.67. The first-order chi connectivity index (χ1) is 11.4. The molecular weight excluding hydrogens is 340 g/mol. The maximum atomic E-state index is 12.2. The van der Waals surface area contributed by atoms with Crippen LogP contribution in [0, 0.1) is 0 Å². The molecule has 1 heterocycles. The smallest absolute Gasteiger partial charge is 0.321 e. The van der Waals surface area contributed by atoms with E-state index in [2.05, 4.69) is 10.6 Å². The number of halogens is 1. The van der Waals surface area contributed by atoms with Gasteiger partial charge in [-0.05, 0) is 43.9 Å². The van der Waals surface area contributed by atoms with Crippen LogP contribution in [0.4, 0.5) is 10.5 Å². The van der Waals surface area contributed by atoms with Gasteiger partial charge in [0.25, 0.3) is 0 Å². The van der Waals surface area contributed by atoms with Gasteiger partial charge in [0, 0.05) is 25.3 Å². The highest BCUT2D eigenvalue weighted by atomic mass is 35.5. The average Bonchev–Trinajstić information content (AvgIpc) is 3.07. The third-order valence-corrected chi connectivity index (χ3v) is 4.31. The van der Waals surface area contributed by atoms with E-state index in [1.807, 2.05) is 36.1 Å². The molecule has 140 valence electrons. The number of rotatable bonds is 6. The van der Waals surface area contributed by atoms with Crippen molar-refractivity contribution in [2.75, 3.05) is 18.4 Å². The van der Waals surface area contributed by atoms with Crippen LogP contribution in [-0.4, -0.2) is 35.5 Å². The summed E-state index contributed by atoms with van der Waals surface area (Å²) in [4.78, 5) is 26.1. The summed E-state index contributed by atoms with van der Waals surface area (Å²) in [6.07, 6.45) is 3.63. The Morgan fingerprint density at radius 3 is 2.60 bits per heavy atom. The van der Waals surface area contributed by atoms with E-state index in [0.717, 1.165) is 43.6 Å². The first-order valence-electron chi connectivity index (χ1n) is 8.64. The van der Waals surface area contributed by atoms with Crippen LogP contribution in [0.5, 0.6) is 0 Å². The number of hydrogen-bond donors (Lipinski definition) is 3. The zero-order chi connectivity index (χ0) is 17.6. The Morgan fingerprint density at radius 1 is 1.28 bits per heavy atom. The van der Waals surface area contributed by atoms with E-state index in [1.54, 1.807) is 6.92 Å². The van der Waals surface area contributed by atoms with Crippen molar-refractivity contribution in [1.82, 2.24) is 10.2 Å². The Bertz CT molecular complexity index is 586.